The summed E-state index contributed by atoms with van der Waals surface area (Å²) in [6, 6.07) is 6.02. The van der Waals surface area contributed by atoms with Gasteiger partial charge in [-0.15, -0.1) is 0 Å². The minimum absolute atomic E-state index is 0.718. The van der Waals surface area contributed by atoms with Crippen molar-refractivity contribution in [2.24, 2.45) is 5.92 Å². The molecule has 0 aliphatic carbocycles. The van der Waals surface area contributed by atoms with Crippen LogP contribution in [-0.2, 0) is 6.54 Å². The molecule has 1 unspecified atom stereocenters. The molecule has 0 bridgehead atoms. The first-order valence-corrected chi connectivity index (χ1v) is 6.12. The maximum atomic E-state index is 5.27. The number of benzene rings is 1. The van der Waals surface area contributed by atoms with Gasteiger partial charge < -0.3 is 14.8 Å². The molecule has 0 aliphatic rings. The van der Waals surface area contributed by atoms with E-state index in [0.29, 0.717) is 0 Å². The van der Waals surface area contributed by atoms with Crippen molar-refractivity contribution in [1.82, 2.24) is 5.32 Å². The molecular formula is C14H23NO2. The van der Waals surface area contributed by atoms with Gasteiger partial charge in [-0.1, -0.05) is 26.3 Å². The Hall–Kier alpha value is -1.22. The highest BCUT2D eigenvalue weighted by atomic mass is 16.5. The number of nitrogens with one attached hydrogen (secondary N) is 1. The van der Waals surface area contributed by atoms with Gasteiger partial charge in [0.05, 0.1) is 14.2 Å². The summed E-state index contributed by atoms with van der Waals surface area (Å²) in [5, 5.41) is 3.44. The summed E-state index contributed by atoms with van der Waals surface area (Å²) in [7, 11) is 3.31. The van der Waals surface area contributed by atoms with Crippen LogP contribution in [0, 0.1) is 5.92 Å². The molecule has 3 heteroatoms. The molecule has 1 aromatic carbocycles. The van der Waals surface area contributed by atoms with Gasteiger partial charge in [-0.05, 0) is 30.2 Å². The van der Waals surface area contributed by atoms with E-state index < -0.39 is 0 Å². The molecule has 0 saturated heterocycles. The molecule has 1 aromatic rings. The fourth-order valence-corrected chi connectivity index (χ4v) is 1.60. The van der Waals surface area contributed by atoms with Crippen LogP contribution in [0.1, 0.15) is 25.8 Å². The normalized spacial score (nSPS) is 12.2. The third-order valence-corrected chi connectivity index (χ3v) is 2.97. The fraction of sp³-hybridized carbons (Fsp3) is 0.571. The first-order valence-electron chi connectivity index (χ1n) is 6.12. The molecule has 0 heterocycles. The Labute approximate surface area is 104 Å². The average molecular weight is 237 g/mol. The van der Waals surface area contributed by atoms with Gasteiger partial charge in [0, 0.05) is 6.54 Å². The van der Waals surface area contributed by atoms with Gasteiger partial charge >= 0.3 is 0 Å². The Morgan fingerprint density at radius 2 is 1.88 bits per heavy atom. The molecule has 1 N–H and O–H groups in total. The number of hydrogen-bond acceptors (Lipinski definition) is 3. The second kappa shape index (κ2) is 7.17. The molecule has 96 valence electrons. The van der Waals surface area contributed by atoms with Gasteiger partial charge in [-0.2, -0.15) is 0 Å². The van der Waals surface area contributed by atoms with Crippen molar-refractivity contribution in [1.29, 1.82) is 0 Å². The first kappa shape index (κ1) is 13.8. The van der Waals surface area contributed by atoms with E-state index in [-0.39, 0.29) is 0 Å². The van der Waals surface area contributed by atoms with Crippen LogP contribution < -0.4 is 14.8 Å². The van der Waals surface area contributed by atoms with E-state index in [1.165, 1.54) is 12.0 Å². The van der Waals surface area contributed by atoms with Gasteiger partial charge in [-0.25, -0.2) is 0 Å². The van der Waals surface area contributed by atoms with Crippen LogP contribution in [0.5, 0.6) is 11.5 Å². The van der Waals surface area contributed by atoms with Crippen LogP contribution in [0.25, 0.3) is 0 Å². The number of hydrogen-bond donors (Lipinski definition) is 1. The lowest BCUT2D eigenvalue weighted by molar-refractivity contribution is 0.354. The molecule has 0 saturated carbocycles. The zero-order valence-electron chi connectivity index (χ0n) is 11.2. The number of ether oxygens (including phenoxy) is 2. The minimum Gasteiger partial charge on any atom is -0.493 e. The van der Waals surface area contributed by atoms with Crippen LogP contribution in [0.3, 0.4) is 0 Å². The van der Waals surface area contributed by atoms with Crippen LogP contribution in [0.4, 0.5) is 0 Å². The molecule has 1 rings (SSSR count). The largest absolute Gasteiger partial charge is 0.493 e. The Morgan fingerprint density at radius 1 is 1.18 bits per heavy atom. The summed E-state index contributed by atoms with van der Waals surface area (Å²) in [5.41, 5.74) is 1.21. The lowest BCUT2D eigenvalue weighted by atomic mass is 10.1. The van der Waals surface area contributed by atoms with E-state index in [0.717, 1.165) is 30.5 Å². The van der Waals surface area contributed by atoms with Crippen molar-refractivity contribution >= 4 is 0 Å². The molecule has 1 atom stereocenters. The molecule has 0 radical (unpaired) electrons. The molecule has 0 aliphatic heterocycles. The van der Waals surface area contributed by atoms with Crippen molar-refractivity contribution in [3.05, 3.63) is 23.8 Å². The van der Waals surface area contributed by atoms with E-state index in [4.69, 9.17) is 9.47 Å². The van der Waals surface area contributed by atoms with Crippen molar-refractivity contribution in [2.45, 2.75) is 26.8 Å². The monoisotopic (exact) mass is 237 g/mol. The highest BCUT2D eigenvalue weighted by Crippen LogP contribution is 2.27. The van der Waals surface area contributed by atoms with E-state index >= 15 is 0 Å². The molecule has 0 amide bonds. The van der Waals surface area contributed by atoms with Crippen LogP contribution in [0.2, 0.25) is 0 Å². The molecule has 3 nitrogen and oxygen atoms in total. The standard InChI is InChI=1S/C14H23NO2/c1-5-11(2)9-15-10-12-6-7-13(16-3)14(8-12)17-4/h6-8,11,15H,5,9-10H2,1-4H3. The van der Waals surface area contributed by atoms with Crippen molar-refractivity contribution in [2.75, 3.05) is 20.8 Å². The van der Waals surface area contributed by atoms with Gasteiger partial charge in [0.1, 0.15) is 0 Å². The summed E-state index contributed by atoms with van der Waals surface area (Å²) in [5.74, 6) is 2.28. The van der Waals surface area contributed by atoms with Crippen LogP contribution in [-0.4, -0.2) is 20.8 Å². The summed E-state index contributed by atoms with van der Waals surface area (Å²) in [6.45, 7) is 6.37. The Kier molecular flexibility index (Phi) is 5.84. The molecule has 17 heavy (non-hydrogen) atoms. The predicted octanol–water partition coefficient (Wildman–Crippen LogP) is 2.84. The third-order valence-electron chi connectivity index (χ3n) is 2.97. The van der Waals surface area contributed by atoms with Gasteiger partial charge in [-0.3, -0.25) is 0 Å². The van der Waals surface area contributed by atoms with Crippen molar-refractivity contribution in [3.63, 3.8) is 0 Å². The molecular weight excluding hydrogens is 214 g/mol. The SMILES string of the molecule is CCC(C)CNCc1ccc(OC)c(OC)c1. The smallest absolute Gasteiger partial charge is 0.161 e. The van der Waals surface area contributed by atoms with Crippen LogP contribution in [0.15, 0.2) is 18.2 Å². The lowest BCUT2D eigenvalue weighted by Gasteiger charge is -2.12. The van der Waals surface area contributed by atoms with Crippen LogP contribution >= 0.6 is 0 Å². The summed E-state index contributed by atoms with van der Waals surface area (Å²) >= 11 is 0. The second-order valence-corrected chi connectivity index (χ2v) is 4.33. The second-order valence-electron chi connectivity index (χ2n) is 4.33. The quantitative estimate of drug-likeness (QED) is 0.791. The van der Waals surface area contributed by atoms with E-state index in [9.17, 15) is 0 Å². The first-order chi connectivity index (χ1) is 8.21. The van der Waals surface area contributed by atoms with Crippen molar-refractivity contribution in [3.8, 4) is 11.5 Å². The van der Waals surface area contributed by atoms with Crippen molar-refractivity contribution < 1.29 is 9.47 Å². The Balaban J connectivity index is 2.54. The summed E-state index contributed by atoms with van der Waals surface area (Å²) < 4.78 is 10.5. The number of methoxy groups -OCH3 is 2. The highest BCUT2D eigenvalue weighted by Gasteiger charge is 2.04. The fourth-order valence-electron chi connectivity index (χ4n) is 1.60. The molecule has 0 spiro atoms. The van der Waals surface area contributed by atoms with E-state index in [1.54, 1.807) is 14.2 Å². The maximum absolute atomic E-state index is 5.27. The predicted molar refractivity (Wildman–Crippen MR) is 70.7 cm³/mol. The Bertz CT molecular complexity index is 339. The summed E-state index contributed by atoms with van der Waals surface area (Å²) in [6.07, 6.45) is 1.21. The van der Waals surface area contributed by atoms with E-state index in [1.807, 2.05) is 12.1 Å². The Morgan fingerprint density at radius 3 is 2.47 bits per heavy atom. The van der Waals surface area contributed by atoms with Gasteiger partial charge in [0.2, 0.25) is 0 Å². The zero-order valence-corrected chi connectivity index (χ0v) is 11.2. The minimum atomic E-state index is 0.718. The topological polar surface area (TPSA) is 30.5 Å². The summed E-state index contributed by atoms with van der Waals surface area (Å²) in [4.78, 5) is 0. The van der Waals surface area contributed by atoms with Gasteiger partial charge in [0.15, 0.2) is 11.5 Å². The third kappa shape index (κ3) is 4.27. The molecule has 0 fully saturated rings. The average Bonchev–Trinajstić information content (AvgIpc) is 2.38. The highest BCUT2D eigenvalue weighted by molar-refractivity contribution is 5.42. The van der Waals surface area contributed by atoms with Gasteiger partial charge in [0.25, 0.3) is 0 Å². The molecule has 0 aromatic heterocycles. The zero-order chi connectivity index (χ0) is 12.7. The maximum Gasteiger partial charge on any atom is 0.161 e. The van der Waals surface area contributed by atoms with E-state index in [2.05, 4.69) is 25.2 Å². The number of rotatable bonds is 7. The lowest BCUT2D eigenvalue weighted by Crippen LogP contribution is -2.20.